The van der Waals surface area contributed by atoms with Crippen LogP contribution in [0.1, 0.15) is 63.9 Å². The molecule has 1 unspecified atom stereocenters. The van der Waals surface area contributed by atoms with Gasteiger partial charge in [-0.25, -0.2) is 4.98 Å². The normalized spacial score (nSPS) is 22.4. The van der Waals surface area contributed by atoms with Crippen molar-refractivity contribution in [3.8, 4) is 11.6 Å². The number of carbonyl (C=O) groups excluding carboxylic acids is 1. The fourth-order valence-electron chi connectivity index (χ4n) is 4.40. The number of anilines is 1. The number of hydrogen-bond acceptors (Lipinski definition) is 5. The molecule has 5 rings (SSSR count). The third-order valence-electron chi connectivity index (χ3n) is 7.31. The Hall–Kier alpha value is -2.56. The first-order chi connectivity index (χ1) is 15.5. The summed E-state index contributed by atoms with van der Waals surface area (Å²) in [7, 11) is 0. The summed E-state index contributed by atoms with van der Waals surface area (Å²) in [6.07, 6.45) is 8.29. The van der Waals surface area contributed by atoms with Crippen molar-refractivity contribution in [2.24, 2.45) is 11.3 Å². The minimum absolute atomic E-state index is 0.0371. The average Bonchev–Trinajstić information content (AvgIpc) is 3.73. The summed E-state index contributed by atoms with van der Waals surface area (Å²) in [5.74, 6) is 3.00. The van der Waals surface area contributed by atoms with Crippen molar-refractivity contribution < 1.29 is 14.3 Å². The van der Waals surface area contributed by atoms with Crippen molar-refractivity contribution in [3.63, 3.8) is 0 Å². The molecule has 3 fully saturated rings. The molecule has 2 atom stereocenters. The number of carbonyl (C=O) groups is 1. The highest BCUT2D eigenvalue weighted by Gasteiger charge is 2.44. The molecule has 2 heterocycles. The lowest BCUT2D eigenvalue weighted by Crippen LogP contribution is -2.24. The first-order valence-corrected chi connectivity index (χ1v) is 12.1. The molecular formula is C27H34N2O3. The number of benzene rings is 1. The lowest BCUT2D eigenvalue weighted by molar-refractivity contribution is -0.123. The third kappa shape index (κ3) is 5.08. The van der Waals surface area contributed by atoms with E-state index in [4.69, 9.17) is 9.47 Å². The predicted octanol–water partition coefficient (Wildman–Crippen LogP) is 5.39. The number of ketones is 1. The molecule has 5 heteroatoms. The van der Waals surface area contributed by atoms with Gasteiger partial charge in [-0.05, 0) is 61.3 Å². The molecule has 0 bridgehead atoms. The maximum Gasteiger partial charge on any atom is 0.215 e. The van der Waals surface area contributed by atoms with Gasteiger partial charge in [-0.3, -0.25) is 4.79 Å². The number of rotatable bonds is 10. The summed E-state index contributed by atoms with van der Waals surface area (Å²) in [5.41, 5.74) is 2.32. The van der Waals surface area contributed by atoms with Crippen molar-refractivity contribution >= 4 is 11.5 Å². The molecule has 1 aromatic heterocycles. The summed E-state index contributed by atoms with van der Waals surface area (Å²) in [5, 5.41) is 0. The van der Waals surface area contributed by atoms with Gasteiger partial charge in [-0.1, -0.05) is 26.0 Å². The van der Waals surface area contributed by atoms with Crippen molar-refractivity contribution in [2.45, 2.75) is 64.4 Å². The van der Waals surface area contributed by atoms with Crippen LogP contribution in [0.3, 0.4) is 0 Å². The smallest absolute Gasteiger partial charge is 0.215 e. The van der Waals surface area contributed by atoms with Gasteiger partial charge in [0.25, 0.3) is 0 Å². The van der Waals surface area contributed by atoms with E-state index in [0.717, 1.165) is 62.2 Å². The van der Waals surface area contributed by atoms with Crippen LogP contribution in [0.4, 0.5) is 5.69 Å². The third-order valence-corrected chi connectivity index (χ3v) is 7.31. The zero-order valence-corrected chi connectivity index (χ0v) is 19.3. The standard InChI is InChI=1S/C27H34N2O3/c1-19(15-25(30)27(2)11-12-27)21-5-7-23(8-6-21)32-24-10-14-29(17-24)22-9-13-28-26(16-22)31-18-20-3-4-20/h5-9,13,16,19-20,24H,3-4,10-12,14-15,17-18H2,1-2H3/t19-,24?/m1/s1. The van der Waals surface area contributed by atoms with E-state index in [1.165, 1.54) is 18.4 Å². The van der Waals surface area contributed by atoms with Crippen LogP contribution in [0, 0.1) is 11.3 Å². The monoisotopic (exact) mass is 434 g/mol. The van der Waals surface area contributed by atoms with E-state index in [0.29, 0.717) is 12.2 Å². The van der Waals surface area contributed by atoms with Crippen molar-refractivity contribution in [1.82, 2.24) is 4.98 Å². The van der Waals surface area contributed by atoms with Gasteiger partial charge >= 0.3 is 0 Å². The lowest BCUT2D eigenvalue weighted by Gasteiger charge is -2.20. The van der Waals surface area contributed by atoms with Crippen LogP contribution in [0.2, 0.25) is 0 Å². The van der Waals surface area contributed by atoms with E-state index >= 15 is 0 Å². The van der Waals surface area contributed by atoms with Crippen LogP contribution < -0.4 is 14.4 Å². The van der Waals surface area contributed by atoms with Gasteiger partial charge in [0, 0.05) is 42.8 Å². The average molecular weight is 435 g/mol. The Balaban J connectivity index is 1.13. The largest absolute Gasteiger partial charge is 0.489 e. The lowest BCUT2D eigenvalue weighted by atomic mass is 9.90. The maximum atomic E-state index is 12.4. The summed E-state index contributed by atoms with van der Waals surface area (Å²) < 4.78 is 12.1. The first kappa shape index (κ1) is 21.3. The Labute approximate surface area is 191 Å². The second-order valence-electron chi connectivity index (χ2n) is 10.2. The molecule has 2 aromatic rings. The SMILES string of the molecule is C[C@H](CC(=O)C1(C)CC1)c1ccc(OC2CCN(c3ccnc(OCC4CC4)c3)C2)cc1. The van der Waals surface area contributed by atoms with E-state index in [1.807, 2.05) is 30.5 Å². The van der Waals surface area contributed by atoms with Crippen LogP contribution in [-0.2, 0) is 4.79 Å². The van der Waals surface area contributed by atoms with Crippen LogP contribution in [0.5, 0.6) is 11.6 Å². The number of nitrogens with zero attached hydrogens (tertiary/aromatic N) is 2. The molecule has 0 amide bonds. The first-order valence-electron chi connectivity index (χ1n) is 12.1. The molecule has 170 valence electrons. The Morgan fingerprint density at radius 1 is 1.19 bits per heavy atom. The van der Waals surface area contributed by atoms with Crippen LogP contribution in [0.15, 0.2) is 42.6 Å². The van der Waals surface area contributed by atoms with E-state index in [-0.39, 0.29) is 17.4 Å². The van der Waals surface area contributed by atoms with Crippen molar-refractivity contribution in [3.05, 3.63) is 48.2 Å². The zero-order chi connectivity index (χ0) is 22.1. The Morgan fingerprint density at radius 2 is 1.97 bits per heavy atom. The summed E-state index contributed by atoms with van der Waals surface area (Å²) in [4.78, 5) is 19.1. The second-order valence-corrected chi connectivity index (χ2v) is 10.2. The van der Waals surface area contributed by atoms with Crippen LogP contribution in [0.25, 0.3) is 0 Å². The van der Waals surface area contributed by atoms with E-state index in [9.17, 15) is 4.79 Å². The minimum atomic E-state index is -0.0371. The van der Waals surface area contributed by atoms with Gasteiger partial charge in [0.15, 0.2) is 0 Å². The fraction of sp³-hybridized carbons (Fsp3) is 0.556. The van der Waals surface area contributed by atoms with Gasteiger partial charge in [0.2, 0.25) is 5.88 Å². The number of Topliss-reactive ketones (excluding diaryl/α,β-unsaturated/α-hetero) is 1. The molecule has 2 aliphatic carbocycles. The second kappa shape index (κ2) is 8.76. The molecule has 0 radical (unpaired) electrons. The minimum Gasteiger partial charge on any atom is -0.489 e. The molecular weight excluding hydrogens is 400 g/mol. The Bertz CT molecular complexity index is 950. The zero-order valence-electron chi connectivity index (χ0n) is 19.3. The highest BCUT2D eigenvalue weighted by atomic mass is 16.5. The summed E-state index contributed by atoms with van der Waals surface area (Å²) in [6.45, 7) is 6.85. The highest BCUT2D eigenvalue weighted by molar-refractivity contribution is 5.87. The van der Waals surface area contributed by atoms with Crippen LogP contribution >= 0.6 is 0 Å². The number of hydrogen-bond donors (Lipinski definition) is 0. The van der Waals surface area contributed by atoms with Gasteiger partial charge in [0.1, 0.15) is 17.6 Å². The maximum absolute atomic E-state index is 12.4. The quantitative estimate of drug-likeness (QED) is 0.502. The van der Waals surface area contributed by atoms with E-state index < -0.39 is 0 Å². The van der Waals surface area contributed by atoms with Gasteiger partial charge in [-0.2, -0.15) is 0 Å². The summed E-state index contributed by atoms with van der Waals surface area (Å²) in [6, 6.07) is 12.4. The van der Waals surface area contributed by atoms with Crippen LogP contribution in [-0.4, -0.2) is 36.6 Å². The molecule has 1 saturated heterocycles. The predicted molar refractivity (Wildman–Crippen MR) is 126 cm³/mol. The molecule has 3 aliphatic rings. The fourth-order valence-corrected chi connectivity index (χ4v) is 4.40. The number of ether oxygens (including phenoxy) is 2. The van der Waals surface area contributed by atoms with Crippen molar-refractivity contribution in [1.29, 1.82) is 0 Å². The number of pyridine rings is 1. The molecule has 2 saturated carbocycles. The van der Waals surface area contributed by atoms with Crippen molar-refractivity contribution in [2.75, 3.05) is 24.6 Å². The topological polar surface area (TPSA) is 51.7 Å². The van der Waals surface area contributed by atoms with Gasteiger partial charge in [-0.15, -0.1) is 0 Å². The van der Waals surface area contributed by atoms with Gasteiger partial charge in [0.05, 0.1) is 13.2 Å². The highest BCUT2D eigenvalue weighted by Crippen LogP contribution is 2.47. The Morgan fingerprint density at radius 3 is 2.69 bits per heavy atom. The molecule has 32 heavy (non-hydrogen) atoms. The Kier molecular flexibility index (Phi) is 5.83. The molecule has 5 nitrogen and oxygen atoms in total. The molecule has 0 N–H and O–H groups in total. The molecule has 1 aromatic carbocycles. The number of aromatic nitrogens is 1. The van der Waals surface area contributed by atoms with E-state index in [1.54, 1.807) is 0 Å². The molecule has 0 spiro atoms. The van der Waals surface area contributed by atoms with E-state index in [2.05, 4.69) is 35.9 Å². The summed E-state index contributed by atoms with van der Waals surface area (Å²) >= 11 is 0. The van der Waals surface area contributed by atoms with Gasteiger partial charge < -0.3 is 14.4 Å². The molecule has 1 aliphatic heterocycles.